The Morgan fingerprint density at radius 3 is 2.36 bits per heavy atom. The van der Waals surface area contributed by atoms with Gasteiger partial charge in [-0.05, 0) is 6.42 Å². The van der Waals surface area contributed by atoms with Crippen LogP contribution in [0.15, 0.2) is 5.38 Å². The van der Waals surface area contributed by atoms with Crippen molar-refractivity contribution in [3.05, 3.63) is 10.4 Å². The second-order valence-corrected chi connectivity index (χ2v) is 9.68. The summed E-state index contributed by atoms with van der Waals surface area (Å²) < 4.78 is 0. The highest BCUT2D eigenvalue weighted by Crippen LogP contribution is 2.08. The molecule has 11 heavy (non-hydrogen) atoms. The van der Waals surface area contributed by atoms with Gasteiger partial charge in [-0.15, -0.1) is 11.3 Å². The van der Waals surface area contributed by atoms with Gasteiger partial charge in [0.05, 0.1) is 5.01 Å². The van der Waals surface area contributed by atoms with Crippen LogP contribution in [-0.4, -0.2) is 13.1 Å². The highest BCUT2D eigenvalue weighted by atomic mass is 32.1. The quantitative estimate of drug-likeness (QED) is 0.644. The van der Waals surface area contributed by atoms with E-state index >= 15 is 0 Å². The molecule has 0 amide bonds. The van der Waals surface area contributed by atoms with E-state index in [9.17, 15) is 0 Å². The van der Waals surface area contributed by atoms with Gasteiger partial charge in [0, 0.05) is 10.7 Å². The summed E-state index contributed by atoms with van der Waals surface area (Å²) in [7, 11) is -1.13. The average molecular weight is 185 g/mol. The Balaban J connectivity index is 2.89. The van der Waals surface area contributed by atoms with Gasteiger partial charge in [-0.3, -0.25) is 4.98 Å². The fraction of sp³-hybridized carbons (Fsp3) is 0.625. The summed E-state index contributed by atoms with van der Waals surface area (Å²) in [5.41, 5.74) is 0. The van der Waals surface area contributed by atoms with E-state index in [-0.39, 0.29) is 0 Å². The van der Waals surface area contributed by atoms with Gasteiger partial charge in [0.1, 0.15) is 8.07 Å². The highest BCUT2D eigenvalue weighted by molar-refractivity contribution is 7.11. The molecule has 0 aliphatic carbocycles. The largest absolute Gasteiger partial charge is 0.251 e. The van der Waals surface area contributed by atoms with Gasteiger partial charge < -0.3 is 0 Å². The van der Waals surface area contributed by atoms with Gasteiger partial charge in [-0.1, -0.05) is 26.6 Å². The van der Waals surface area contributed by atoms with E-state index in [2.05, 4.69) is 36.9 Å². The van der Waals surface area contributed by atoms with Crippen molar-refractivity contribution >= 4 is 24.7 Å². The standard InChI is InChI=1S/C8H15NSSi/c1-5-7-9-8(6-10-7)11(2,3)4/h6H,5H2,1-4H3. The lowest BCUT2D eigenvalue weighted by molar-refractivity contribution is 1.10. The maximum Gasteiger partial charge on any atom is 0.102 e. The number of rotatable bonds is 2. The van der Waals surface area contributed by atoms with Gasteiger partial charge in [-0.2, -0.15) is 0 Å². The minimum Gasteiger partial charge on any atom is -0.251 e. The maximum absolute atomic E-state index is 4.58. The van der Waals surface area contributed by atoms with Crippen molar-refractivity contribution < 1.29 is 0 Å². The van der Waals surface area contributed by atoms with Crippen LogP contribution in [0.3, 0.4) is 0 Å². The SMILES string of the molecule is CCc1nc([Si](C)(C)C)cs1. The summed E-state index contributed by atoms with van der Waals surface area (Å²) in [6.07, 6.45) is 1.08. The molecule has 0 atom stereocenters. The molecule has 0 aromatic carbocycles. The second kappa shape index (κ2) is 3.07. The van der Waals surface area contributed by atoms with Crippen LogP contribution in [0, 0.1) is 0 Å². The molecule has 0 spiro atoms. The van der Waals surface area contributed by atoms with E-state index in [1.54, 1.807) is 11.3 Å². The molecule has 0 aliphatic rings. The fourth-order valence-corrected chi connectivity index (χ4v) is 3.58. The third-order valence-electron chi connectivity index (χ3n) is 1.62. The third kappa shape index (κ3) is 2.14. The Morgan fingerprint density at radius 1 is 1.45 bits per heavy atom. The number of hydrogen-bond acceptors (Lipinski definition) is 2. The summed E-state index contributed by atoms with van der Waals surface area (Å²) in [4.78, 5) is 4.58. The van der Waals surface area contributed by atoms with E-state index < -0.39 is 8.07 Å². The van der Waals surface area contributed by atoms with Gasteiger partial charge in [0.2, 0.25) is 0 Å². The maximum atomic E-state index is 4.58. The molecule has 1 aromatic rings. The van der Waals surface area contributed by atoms with Crippen LogP contribution in [0.5, 0.6) is 0 Å². The molecule has 1 rings (SSSR count). The minimum absolute atomic E-state index is 1.08. The monoisotopic (exact) mass is 185 g/mol. The Bertz CT molecular complexity index is 236. The second-order valence-electron chi connectivity index (χ2n) is 3.73. The van der Waals surface area contributed by atoms with Crippen LogP contribution in [0.2, 0.25) is 19.6 Å². The number of aryl methyl sites for hydroxylation is 1. The summed E-state index contributed by atoms with van der Waals surface area (Å²) >= 11 is 1.80. The molecular weight excluding hydrogens is 170 g/mol. The van der Waals surface area contributed by atoms with Crippen LogP contribution in [0.4, 0.5) is 0 Å². The molecule has 0 aliphatic heterocycles. The molecule has 0 fully saturated rings. The molecule has 3 heteroatoms. The van der Waals surface area contributed by atoms with Crippen LogP contribution >= 0.6 is 11.3 Å². The molecule has 1 nitrogen and oxygen atoms in total. The highest BCUT2D eigenvalue weighted by Gasteiger charge is 2.19. The molecule has 1 heterocycles. The summed E-state index contributed by atoms with van der Waals surface area (Å²) in [6.45, 7) is 9.16. The third-order valence-corrected chi connectivity index (χ3v) is 4.62. The predicted molar refractivity (Wildman–Crippen MR) is 54.5 cm³/mol. The van der Waals surface area contributed by atoms with Gasteiger partial charge >= 0.3 is 0 Å². The zero-order valence-electron chi connectivity index (χ0n) is 7.64. The molecule has 0 radical (unpaired) electrons. The Hall–Kier alpha value is -0.153. The van der Waals surface area contributed by atoms with Gasteiger partial charge in [0.15, 0.2) is 0 Å². The number of hydrogen-bond donors (Lipinski definition) is 0. The number of thiazole rings is 1. The van der Waals surface area contributed by atoms with Crippen LogP contribution in [-0.2, 0) is 6.42 Å². The lowest BCUT2D eigenvalue weighted by Crippen LogP contribution is -2.38. The Kier molecular flexibility index (Phi) is 2.49. The summed E-state index contributed by atoms with van der Waals surface area (Å²) in [6, 6.07) is 0. The molecule has 1 aromatic heterocycles. The van der Waals surface area contributed by atoms with Crippen molar-refractivity contribution in [2.45, 2.75) is 33.0 Å². The van der Waals surface area contributed by atoms with E-state index in [0.717, 1.165) is 6.42 Å². The van der Waals surface area contributed by atoms with Gasteiger partial charge in [0.25, 0.3) is 0 Å². The fourth-order valence-electron chi connectivity index (χ4n) is 0.818. The topological polar surface area (TPSA) is 12.9 Å². The van der Waals surface area contributed by atoms with E-state index in [1.807, 2.05) is 0 Å². The van der Waals surface area contributed by atoms with Crippen LogP contribution in [0.25, 0.3) is 0 Å². The first kappa shape index (κ1) is 8.94. The Labute approximate surface area is 73.5 Å². The first-order chi connectivity index (χ1) is 5.04. The zero-order valence-corrected chi connectivity index (χ0v) is 9.46. The van der Waals surface area contributed by atoms with Crippen molar-refractivity contribution in [1.82, 2.24) is 4.98 Å². The molecular formula is C8H15NSSi. The van der Waals surface area contributed by atoms with Crippen molar-refractivity contribution in [3.8, 4) is 0 Å². The molecule has 0 saturated heterocycles. The van der Waals surface area contributed by atoms with E-state index in [0.29, 0.717) is 0 Å². The zero-order chi connectivity index (χ0) is 8.48. The van der Waals surface area contributed by atoms with Crippen LogP contribution in [0.1, 0.15) is 11.9 Å². The summed E-state index contributed by atoms with van der Waals surface area (Å²) in [5.74, 6) is 0. The first-order valence-electron chi connectivity index (χ1n) is 3.99. The molecule has 62 valence electrons. The molecule has 0 bridgehead atoms. The normalized spacial score (nSPS) is 12.0. The Morgan fingerprint density at radius 2 is 2.09 bits per heavy atom. The summed E-state index contributed by atoms with van der Waals surface area (Å²) in [5, 5.41) is 4.87. The lowest BCUT2D eigenvalue weighted by atomic mass is 10.5. The number of aromatic nitrogens is 1. The van der Waals surface area contributed by atoms with Crippen molar-refractivity contribution in [1.29, 1.82) is 0 Å². The predicted octanol–water partition coefficient (Wildman–Crippen LogP) is 2.25. The number of nitrogens with zero attached hydrogens (tertiary/aromatic N) is 1. The smallest absolute Gasteiger partial charge is 0.102 e. The van der Waals surface area contributed by atoms with Crippen LogP contribution < -0.4 is 5.32 Å². The first-order valence-corrected chi connectivity index (χ1v) is 8.37. The molecule has 0 saturated carbocycles. The van der Waals surface area contributed by atoms with Crippen molar-refractivity contribution in [3.63, 3.8) is 0 Å². The van der Waals surface area contributed by atoms with E-state index in [4.69, 9.17) is 0 Å². The molecule has 0 N–H and O–H groups in total. The van der Waals surface area contributed by atoms with Gasteiger partial charge in [-0.25, -0.2) is 0 Å². The molecule has 0 unspecified atom stereocenters. The van der Waals surface area contributed by atoms with Crippen molar-refractivity contribution in [2.24, 2.45) is 0 Å². The van der Waals surface area contributed by atoms with E-state index in [1.165, 1.54) is 10.3 Å². The average Bonchev–Trinajstić information content (AvgIpc) is 2.32. The lowest BCUT2D eigenvalue weighted by Gasteiger charge is -2.10. The minimum atomic E-state index is -1.13. The van der Waals surface area contributed by atoms with Crippen molar-refractivity contribution in [2.75, 3.05) is 0 Å².